The first-order valence-electron chi connectivity index (χ1n) is 7.43. The quantitative estimate of drug-likeness (QED) is 0.883. The Morgan fingerprint density at radius 2 is 2.09 bits per heavy atom. The van der Waals surface area contributed by atoms with Gasteiger partial charge in [0.1, 0.15) is 10.0 Å². The van der Waals surface area contributed by atoms with E-state index in [2.05, 4.69) is 15.1 Å². The number of carbonyl (C=O) groups is 2. The predicted octanol–water partition coefficient (Wildman–Crippen LogP) is 0.744. The zero-order chi connectivity index (χ0) is 15.9. The van der Waals surface area contributed by atoms with Gasteiger partial charge in [0, 0.05) is 26.6 Å². The molecule has 2 aliphatic rings. The van der Waals surface area contributed by atoms with Crippen LogP contribution in [0.3, 0.4) is 0 Å². The lowest BCUT2D eigenvalue weighted by Crippen LogP contribution is -2.55. The second-order valence-corrected chi connectivity index (χ2v) is 7.41. The topological polar surface area (TPSA) is 86.6 Å². The molecule has 8 heteroatoms. The first-order valence-corrected chi connectivity index (χ1v) is 8.25. The molecule has 1 spiro atoms. The fourth-order valence-corrected chi connectivity index (χ4v) is 4.43. The largest absolute Gasteiger partial charge is 0.481 e. The number of likely N-dealkylation sites (tertiary alicyclic amines) is 2. The molecule has 2 saturated heterocycles. The Kier molecular flexibility index (Phi) is 3.90. The monoisotopic (exact) mass is 324 g/mol. The van der Waals surface area contributed by atoms with Gasteiger partial charge in [-0.2, -0.15) is 0 Å². The van der Waals surface area contributed by atoms with E-state index < -0.39 is 17.4 Å². The number of aliphatic carboxylic acids is 1. The van der Waals surface area contributed by atoms with Crippen molar-refractivity contribution in [3.05, 3.63) is 10.0 Å². The second-order valence-electron chi connectivity index (χ2n) is 6.14. The van der Waals surface area contributed by atoms with Gasteiger partial charge < -0.3 is 10.0 Å². The van der Waals surface area contributed by atoms with E-state index in [4.69, 9.17) is 0 Å². The van der Waals surface area contributed by atoms with Gasteiger partial charge in [-0.1, -0.05) is 0 Å². The molecular formula is C14H20N4O3S. The van der Waals surface area contributed by atoms with Crippen LogP contribution in [0.25, 0.3) is 0 Å². The molecule has 120 valence electrons. The van der Waals surface area contributed by atoms with E-state index >= 15 is 0 Å². The fourth-order valence-electron chi connectivity index (χ4n) is 3.68. The van der Waals surface area contributed by atoms with Gasteiger partial charge in [-0.3, -0.25) is 14.5 Å². The van der Waals surface area contributed by atoms with Crippen molar-refractivity contribution in [2.45, 2.75) is 38.3 Å². The second kappa shape index (κ2) is 5.58. The van der Waals surface area contributed by atoms with Gasteiger partial charge in [0.05, 0.1) is 18.0 Å². The van der Waals surface area contributed by atoms with E-state index in [0.717, 1.165) is 29.6 Å². The standard InChI is InChI=1S/C14H20N4O3S/c1-9-15-16-11(22-9)8-18-5-3-14(4-6-18)10(13(20)21)7-12(19)17(14)2/h10H,3-8H2,1-2H3,(H,20,21). The van der Waals surface area contributed by atoms with Crippen molar-refractivity contribution in [3.63, 3.8) is 0 Å². The van der Waals surface area contributed by atoms with Crippen LogP contribution in [-0.2, 0) is 16.1 Å². The summed E-state index contributed by atoms with van der Waals surface area (Å²) in [6, 6.07) is 0. The van der Waals surface area contributed by atoms with Gasteiger partial charge in [-0.25, -0.2) is 0 Å². The molecule has 7 nitrogen and oxygen atoms in total. The molecule has 1 N–H and O–H groups in total. The molecule has 2 fully saturated rings. The maximum Gasteiger partial charge on any atom is 0.309 e. The molecular weight excluding hydrogens is 304 g/mol. The van der Waals surface area contributed by atoms with Crippen molar-refractivity contribution in [2.24, 2.45) is 5.92 Å². The summed E-state index contributed by atoms with van der Waals surface area (Å²) in [5.41, 5.74) is -0.517. The summed E-state index contributed by atoms with van der Waals surface area (Å²) < 4.78 is 0. The van der Waals surface area contributed by atoms with Crippen molar-refractivity contribution >= 4 is 23.2 Å². The van der Waals surface area contributed by atoms with Crippen LogP contribution in [0.1, 0.15) is 29.3 Å². The molecule has 2 aliphatic heterocycles. The first kappa shape index (κ1) is 15.4. The number of aryl methyl sites for hydroxylation is 1. The molecule has 0 bridgehead atoms. The third-order valence-electron chi connectivity index (χ3n) is 5.02. The normalized spacial score (nSPS) is 25.1. The Balaban J connectivity index is 1.69. The van der Waals surface area contributed by atoms with Crippen LogP contribution >= 0.6 is 11.3 Å². The number of nitrogens with zero attached hydrogens (tertiary/aromatic N) is 4. The molecule has 0 aliphatic carbocycles. The third-order valence-corrected chi connectivity index (χ3v) is 5.84. The molecule has 3 heterocycles. The van der Waals surface area contributed by atoms with E-state index in [9.17, 15) is 14.7 Å². The predicted molar refractivity (Wildman–Crippen MR) is 80.4 cm³/mol. The molecule has 0 aromatic carbocycles. The molecule has 1 amide bonds. The number of carboxylic acid groups (broad SMARTS) is 1. The SMILES string of the molecule is Cc1nnc(CN2CCC3(CC2)C(C(=O)O)CC(=O)N3C)s1. The molecule has 22 heavy (non-hydrogen) atoms. The van der Waals surface area contributed by atoms with Crippen LogP contribution in [0.4, 0.5) is 0 Å². The van der Waals surface area contributed by atoms with Crippen LogP contribution in [0.5, 0.6) is 0 Å². The average Bonchev–Trinajstić information content (AvgIpc) is 2.99. The number of hydrogen-bond acceptors (Lipinski definition) is 6. The molecule has 0 radical (unpaired) electrons. The highest BCUT2D eigenvalue weighted by atomic mass is 32.1. The Labute approximate surface area is 132 Å². The van der Waals surface area contributed by atoms with Crippen molar-refractivity contribution in [1.29, 1.82) is 0 Å². The van der Waals surface area contributed by atoms with Crippen molar-refractivity contribution in [1.82, 2.24) is 20.0 Å². The first-order chi connectivity index (χ1) is 10.4. The van der Waals surface area contributed by atoms with Crippen LogP contribution in [0, 0.1) is 12.8 Å². The smallest absolute Gasteiger partial charge is 0.309 e. The Morgan fingerprint density at radius 1 is 1.41 bits per heavy atom. The lowest BCUT2D eigenvalue weighted by Gasteiger charge is -2.45. The highest BCUT2D eigenvalue weighted by Gasteiger charge is 2.55. The third kappa shape index (κ3) is 2.50. The lowest BCUT2D eigenvalue weighted by atomic mass is 9.77. The number of hydrogen-bond donors (Lipinski definition) is 1. The number of carbonyl (C=O) groups excluding carboxylic acids is 1. The molecule has 1 unspecified atom stereocenters. The maximum absolute atomic E-state index is 12.0. The van der Waals surface area contributed by atoms with Gasteiger partial charge >= 0.3 is 5.97 Å². The van der Waals surface area contributed by atoms with Gasteiger partial charge in [-0.05, 0) is 19.8 Å². The summed E-state index contributed by atoms with van der Waals surface area (Å²) in [5, 5.41) is 19.6. The van der Waals surface area contributed by atoms with Crippen LogP contribution in [0.2, 0.25) is 0 Å². The minimum atomic E-state index is -0.856. The molecule has 1 aromatic rings. The van der Waals surface area contributed by atoms with E-state index in [0.29, 0.717) is 12.8 Å². The van der Waals surface area contributed by atoms with Crippen LogP contribution in [0.15, 0.2) is 0 Å². The van der Waals surface area contributed by atoms with Crippen LogP contribution in [-0.4, -0.2) is 62.7 Å². The summed E-state index contributed by atoms with van der Waals surface area (Å²) >= 11 is 1.59. The highest BCUT2D eigenvalue weighted by molar-refractivity contribution is 7.11. The molecule has 1 aromatic heterocycles. The number of piperidine rings is 1. The number of amides is 1. The van der Waals surface area contributed by atoms with Gasteiger partial charge in [0.15, 0.2) is 0 Å². The van der Waals surface area contributed by atoms with E-state index in [1.165, 1.54) is 0 Å². The van der Waals surface area contributed by atoms with E-state index in [1.807, 2.05) is 6.92 Å². The van der Waals surface area contributed by atoms with Crippen molar-refractivity contribution < 1.29 is 14.7 Å². The lowest BCUT2D eigenvalue weighted by molar-refractivity contribution is -0.146. The Morgan fingerprint density at radius 3 is 2.64 bits per heavy atom. The molecule has 0 saturated carbocycles. The van der Waals surface area contributed by atoms with Gasteiger partial charge in [-0.15, -0.1) is 21.5 Å². The van der Waals surface area contributed by atoms with Gasteiger partial charge in [0.2, 0.25) is 5.91 Å². The van der Waals surface area contributed by atoms with Crippen molar-refractivity contribution in [2.75, 3.05) is 20.1 Å². The van der Waals surface area contributed by atoms with Gasteiger partial charge in [0.25, 0.3) is 0 Å². The van der Waals surface area contributed by atoms with E-state index in [1.54, 1.807) is 23.3 Å². The molecule has 1 atom stereocenters. The Bertz CT molecular complexity index is 595. The minimum absolute atomic E-state index is 0.0550. The van der Waals surface area contributed by atoms with Crippen molar-refractivity contribution in [3.8, 4) is 0 Å². The summed E-state index contributed by atoms with van der Waals surface area (Å²) in [5.74, 6) is -1.50. The zero-order valence-electron chi connectivity index (χ0n) is 12.8. The highest BCUT2D eigenvalue weighted by Crippen LogP contribution is 2.43. The summed E-state index contributed by atoms with van der Waals surface area (Å²) in [7, 11) is 1.75. The summed E-state index contributed by atoms with van der Waals surface area (Å²) in [6.45, 7) is 4.24. The minimum Gasteiger partial charge on any atom is -0.481 e. The van der Waals surface area contributed by atoms with Crippen LogP contribution < -0.4 is 0 Å². The van der Waals surface area contributed by atoms with E-state index in [-0.39, 0.29) is 12.3 Å². The number of aromatic nitrogens is 2. The summed E-state index contributed by atoms with van der Waals surface area (Å²) in [4.78, 5) is 27.4. The summed E-state index contributed by atoms with van der Waals surface area (Å²) in [6.07, 6.45) is 1.52. The Hall–Kier alpha value is -1.54. The number of rotatable bonds is 3. The zero-order valence-corrected chi connectivity index (χ0v) is 13.6. The number of carboxylic acids is 1. The fraction of sp³-hybridized carbons (Fsp3) is 0.714. The maximum atomic E-state index is 12.0. The molecule has 3 rings (SSSR count). The average molecular weight is 324 g/mol.